The standard InChI is InChI=1S/C15H15NO3S/c1-10-4-2-3-5-11(10)6-7-13(17)16-12-8-9-20-14(12)15(18)19/h2-5,8-9H,6-7H2,1H3,(H,16,17)(H,18,19). The van der Waals surface area contributed by atoms with Crippen molar-refractivity contribution in [2.45, 2.75) is 19.8 Å². The molecule has 20 heavy (non-hydrogen) atoms. The number of amides is 1. The molecule has 0 saturated heterocycles. The molecule has 2 N–H and O–H groups in total. The van der Waals surface area contributed by atoms with Crippen molar-refractivity contribution in [1.82, 2.24) is 0 Å². The third kappa shape index (κ3) is 3.45. The Morgan fingerprint density at radius 1 is 1.25 bits per heavy atom. The highest BCUT2D eigenvalue weighted by atomic mass is 32.1. The van der Waals surface area contributed by atoms with Crippen molar-refractivity contribution >= 4 is 28.9 Å². The Morgan fingerprint density at radius 2 is 2.00 bits per heavy atom. The lowest BCUT2D eigenvalue weighted by Crippen LogP contribution is -2.14. The first-order valence-corrected chi connectivity index (χ1v) is 7.11. The molecule has 1 heterocycles. The van der Waals surface area contributed by atoms with Gasteiger partial charge in [-0.05, 0) is 35.9 Å². The number of aryl methyl sites for hydroxylation is 2. The molecular weight excluding hydrogens is 274 g/mol. The van der Waals surface area contributed by atoms with Crippen LogP contribution in [-0.2, 0) is 11.2 Å². The van der Waals surface area contributed by atoms with Gasteiger partial charge in [-0.2, -0.15) is 0 Å². The summed E-state index contributed by atoms with van der Waals surface area (Å²) in [5.41, 5.74) is 2.66. The first-order valence-electron chi connectivity index (χ1n) is 6.23. The second-order valence-electron chi connectivity index (χ2n) is 4.44. The van der Waals surface area contributed by atoms with Crippen LogP contribution in [0.5, 0.6) is 0 Å². The van der Waals surface area contributed by atoms with E-state index in [9.17, 15) is 9.59 Å². The van der Waals surface area contributed by atoms with Crippen LogP contribution in [0.4, 0.5) is 5.69 Å². The number of carboxylic acid groups (broad SMARTS) is 1. The van der Waals surface area contributed by atoms with Gasteiger partial charge < -0.3 is 10.4 Å². The molecule has 0 aliphatic rings. The molecule has 2 aromatic rings. The zero-order chi connectivity index (χ0) is 14.5. The number of rotatable bonds is 5. The van der Waals surface area contributed by atoms with Crippen molar-refractivity contribution in [2.75, 3.05) is 5.32 Å². The predicted molar refractivity (Wildman–Crippen MR) is 79.4 cm³/mol. The van der Waals surface area contributed by atoms with Gasteiger partial charge in [-0.15, -0.1) is 11.3 Å². The van der Waals surface area contributed by atoms with Crippen LogP contribution in [0.2, 0.25) is 0 Å². The normalized spacial score (nSPS) is 10.2. The average Bonchev–Trinajstić information content (AvgIpc) is 2.86. The van der Waals surface area contributed by atoms with E-state index < -0.39 is 5.97 Å². The Morgan fingerprint density at radius 3 is 2.70 bits per heavy atom. The second kappa shape index (κ2) is 6.34. The number of aromatic carboxylic acids is 1. The van der Waals surface area contributed by atoms with E-state index in [1.807, 2.05) is 31.2 Å². The van der Waals surface area contributed by atoms with Crippen LogP contribution >= 0.6 is 11.3 Å². The Balaban J connectivity index is 1.95. The molecule has 0 aliphatic carbocycles. The van der Waals surface area contributed by atoms with Crippen LogP contribution < -0.4 is 5.32 Å². The number of thiophene rings is 1. The Bertz CT molecular complexity index is 634. The molecule has 0 fully saturated rings. The van der Waals surface area contributed by atoms with E-state index in [-0.39, 0.29) is 10.8 Å². The van der Waals surface area contributed by atoms with Gasteiger partial charge >= 0.3 is 5.97 Å². The fourth-order valence-corrected chi connectivity index (χ4v) is 2.61. The number of anilines is 1. The number of hydrogen-bond donors (Lipinski definition) is 2. The number of benzene rings is 1. The average molecular weight is 289 g/mol. The minimum atomic E-state index is -1.02. The van der Waals surface area contributed by atoms with Crippen LogP contribution in [0.1, 0.15) is 27.2 Å². The molecule has 1 amide bonds. The third-order valence-corrected chi connectivity index (χ3v) is 3.92. The molecule has 2 rings (SSSR count). The van der Waals surface area contributed by atoms with Crippen LogP contribution in [0, 0.1) is 6.92 Å². The zero-order valence-corrected chi connectivity index (χ0v) is 11.9. The fourth-order valence-electron chi connectivity index (χ4n) is 1.92. The van der Waals surface area contributed by atoms with Crippen LogP contribution in [0.3, 0.4) is 0 Å². The molecule has 0 unspecified atom stereocenters. The molecule has 4 nitrogen and oxygen atoms in total. The van der Waals surface area contributed by atoms with E-state index in [1.54, 1.807) is 11.4 Å². The summed E-state index contributed by atoms with van der Waals surface area (Å²) in [5.74, 6) is -1.19. The molecular formula is C15H15NO3S. The minimum Gasteiger partial charge on any atom is -0.477 e. The Hall–Kier alpha value is -2.14. The van der Waals surface area contributed by atoms with Gasteiger partial charge in [-0.1, -0.05) is 24.3 Å². The van der Waals surface area contributed by atoms with Crippen LogP contribution in [0.15, 0.2) is 35.7 Å². The van der Waals surface area contributed by atoms with E-state index >= 15 is 0 Å². The SMILES string of the molecule is Cc1ccccc1CCC(=O)Nc1ccsc1C(=O)O. The minimum absolute atomic E-state index is 0.161. The number of hydrogen-bond acceptors (Lipinski definition) is 3. The number of carbonyl (C=O) groups excluding carboxylic acids is 1. The summed E-state index contributed by atoms with van der Waals surface area (Å²) >= 11 is 1.10. The van der Waals surface area contributed by atoms with E-state index in [0.717, 1.165) is 22.5 Å². The summed E-state index contributed by atoms with van der Waals surface area (Å²) in [7, 11) is 0. The molecule has 0 atom stereocenters. The van der Waals surface area contributed by atoms with Crippen molar-refractivity contribution < 1.29 is 14.7 Å². The Kier molecular flexibility index (Phi) is 4.53. The van der Waals surface area contributed by atoms with E-state index in [2.05, 4.69) is 5.32 Å². The van der Waals surface area contributed by atoms with Crippen molar-refractivity contribution in [2.24, 2.45) is 0 Å². The molecule has 1 aromatic heterocycles. The molecule has 0 aliphatic heterocycles. The van der Waals surface area contributed by atoms with Gasteiger partial charge in [0.2, 0.25) is 5.91 Å². The maximum Gasteiger partial charge on any atom is 0.348 e. The van der Waals surface area contributed by atoms with Crippen LogP contribution in [-0.4, -0.2) is 17.0 Å². The molecule has 5 heteroatoms. The number of carbonyl (C=O) groups is 2. The molecule has 0 spiro atoms. The summed E-state index contributed by atoms with van der Waals surface area (Å²) in [6.07, 6.45) is 0.977. The van der Waals surface area contributed by atoms with Gasteiger partial charge in [0, 0.05) is 6.42 Å². The highest BCUT2D eigenvalue weighted by Gasteiger charge is 2.13. The van der Waals surface area contributed by atoms with Gasteiger partial charge in [0.15, 0.2) is 0 Å². The van der Waals surface area contributed by atoms with Gasteiger partial charge in [0.05, 0.1) is 5.69 Å². The van der Waals surface area contributed by atoms with E-state index in [4.69, 9.17) is 5.11 Å². The van der Waals surface area contributed by atoms with Crippen molar-refractivity contribution in [3.8, 4) is 0 Å². The lowest BCUT2D eigenvalue weighted by atomic mass is 10.0. The van der Waals surface area contributed by atoms with Gasteiger partial charge in [0.1, 0.15) is 4.88 Å². The first kappa shape index (κ1) is 14.3. The lowest BCUT2D eigenvalue weighted by molar-refractivity contribution is -0.116. The molecule has 0 saturated carbocycles. The number of nitrogens with one attached hydrogen (secondary N) is 1. The Labute approximate surface area is 121 Å². The fraction of sp³-hybridized carbons (Fsp3) is 0.200. The summed E-state index contributed by atoms with van der Waals surface area (Å²) in [4.78, 5) is 23.0. The lowest BCUT2D eigenvalue weighted by Gasteiger charge is -2.06. The van der Waals surface area contributed by atoms with E-state index in [1.165, 1.54) is 0 Å². The van der Waals surface area contributed by atoms with Gasteiger partial charge in [-0.25, -0.2) is 4.79 Å². The largest absolute Gasteiger partial charge is 0.477 e. The predicted octanol–water partition coefficient (Wildman–Crippen LogP) is 3.33. The molecule has 1 aromatic carbocycles. The summed E-state index contributed by atoms with van der Waals surface area (Å²) in [6, 6.07) is 9.52. The van der Waals surface area contributed by atoms with Crippen molar-refractivity contribution in [1.29, 1.82) is 0 Å². The van der Waals surface area contributed by atoms with E-state index in [0.29, 0.717) is 18.5 Å². The molecule has 0 bridgehead atoms. The summed E-state index contributed by atoms with van der Waals surface area (Å²) in [6.45, 7) is 2.01. The van der Waals surface area contributed by atoms with Crippen LogP contribution in [0.25, 0.3) is 0 Å². The summed E-state index contributed by atoms with van der Waals surface area (Å²) < 4.78 is 0. The zero-order valence-electron chi connectivity index (χ0n) is 11.1. The third-order valence-electron chi connectivity index (χ3n) is 3.02. The second-order valence-corrected chi connectivity index (χ2v) is 5.36. The van der Waals surface area contributed by atoms with Crippen molar-refractivity contribution in [3.05, 3.63) is 51.7 Å². The highest BCUT2D eigenvalue weighted by Crippen LogP contribution is 2.22. The van der Waals surface area contributed by atoms with Crippen molar-refractivity contribution in [3.63, 3.8) is 0 Å². The maximum absolute atomic E-state index is 11.9. The van der Waals surface area contributed by atoms with Gasteiger partial charge in [-0.3, -0.25) is 4.79 Å². The molecule has 0 radical (unpaired) electrons. The monoisotopic (exact) mass is 289 g/mol. The van der Waals surface area contributed by atoms with Gasteiger partial charge in [0.25, 0.3) is 0 Å². The summed E-state index contributed by atoms with van der Waals surface area (Å²) in [5, 5.41) is 13.3. The topological polar surface area (TPSA) is 66.4 Å². The first-order chi connectivity index (χ1) is 9.58. The smallest absolute Gasteiger partial charge is 0.348 e. The number of carboxylic acids is 1. The molecule has 104 valence electrons. The quantitative estimate of drug-likeness (QED) is 0.887. The highest BCUT2D eigenvalue weighted by molar-refractivity contribution is 7.12. The maximum atomic E-state index is 11.9.